The van der Waals surface area contributed by atoms with Crippen molar-refractivity contribution in [2.24, 2.45) is 5.18 Å². The van der Waals surface area contributed by atoms with Crippen LogP contribution in [-0.4, -0.2) is 25.2 Å². The quantitative estimate of drug-likeness (QED) is 0.659. The number of benzene rings is 2. The van der Waals surface area contributed by atoms with Gasteiger partial charge in [0.1, 0.15) is 10.6 Å². The molecule has 0 bridgehead atoms. The Morgan fingerprint density at radius 2 is 2.00 bits per heavy atom. The third-order valence-corrected chi connectivity index (χ3v) is 3.50. The number of ether oxygens (including phenoxy) is 1. The second-order valence-electron chi connectivity index (χ2n) is 3.70. The number of hydrogen-bond donors (Lipinski definition) is 2. The highest BCUT2D eigenvalue weighted by molar-refractivity contribution is 7.86. The second-order valence-corrected chi connectivity index (χ2v) is 5.09. The van der Waals surface area contributed by atoms with Crippen LogP contribution in [-0.2, 0) is 10.1 Å². The highest BCUT2D eigenvalue weighted by Gasteiger charge is 2.23. The monoisotopic (exact) mass is 283 g/mol. The molecule has 2 N–H and O–H groups in total. The summed E-state index contributed by atoms with van der Waals surface area (Å²) in [4.78, 5) is 9.96. The van der Waals surface area contributed by atoms with Crippen LogP contribution in [0.2, 0.25) is 0 Å². The predicted octanol–water partition coefficient (Wildman–Crippen LogP) is 2.20. The number of phenols is 1. The normalized spacial score (nSPS) is 11.5. The van der Waals surface area contributed by atoms with Crippen LogP contribution < -0.4 is 4.74 Å². The molecule has 0 radical (unpaired) electrons. The third kappa shape index (κ3) is 2.11. The second kappa shape index (κ2) is 4.48. The molecule has 2 rings (SSSR count). The van der Waals surface area contributed by atoms with Crippen LogP contribution in [0.3, 0.4) is 0 Å². The van der Waals surface area contributed by atoms with E-state index in [2.05, 4.69) is 5.18 Å². The maximum Gasteiger partial charge on any atom is 0.296 e. The number of fused-ring (bicyclic) bond motifs is 1. The van der Waals surface area contributed by atoms with Crippen molar-refractivity contribution in [2.75, 3.05) is 7.11 Å². The van der Waals surface area contributed by atoms with Crippen LogP contribution in [0.15, 0.2) is 34.3 Å². The predicted molar refractivity (Wildman–Crippen MR) is 67.4 cm³/mol. The van der Waals surface area contributed by atoms with E-state index in [9.17, 15) is 18.4 Å². The Labute approximate surface area is 108 Å². The van der Waals surface area contributed by atoms with Gasteiger partial charge in [0.05, 0.1) is 12.5 Å². The molecule has 0 saturated carbocycles. The smallest absolute Gasteiger partial charge is 0.296 e. The third-order valence-electron chi connectivity index (χ3n) is 2.63. The fraction of sp³-hybridized carbons (Fsp3) is 0.0909. The molecule has 0 spiro atoms. The molecule has 0 amide bonds. The Kier molecular flexibility index (Phi) is 3.13. The molecular formula is C11H9NO6S. The lowest BCUT2D eigenvalue weighted by molar-refractivity contribution is 0.416. The number of rotatable bonds is 3. The fourth-order valence-corrected chi connectivity index (χ4v) is 2.48. The molecule has 8 heteroatoms. The van der Waals surface area contributed by atoms with Crippen LogP contribution in [0.1, 0.15) is 0 Å². The number of nitrogens with zero attached hydrogens (tertiary/aromatic N) is 1. The molecule has 100 valence electrons. The van der Waals surface area contributed by atoms with Crippen molar-refractivity contribution in [3.63, 3.8) is 0 Å². The van der Waals surface area contributed by atoms with Crippen molar-refractivity contribution < 1.29 is 22.8 Å². The van der Waals surface area contributed by atoms with E-state index in [0.29, 0.717) is 0 Å². The number of hydrogen-bond acceptors (Lipinski definition) is 6. The van der Waals surface area contributed by atoms with E-state index in [4.69, 9.17) is 9.29 Å². The van der Waals surface area contributed by atoms with Gasteiger partial charge in [-0.3, -0.25) is 4.55 Å². The molecular weight excluding hydrogens is 274 g/mol. The first-order valence-corrected chi connectivity index (χ1v) is 6.47. The molecule has 0 atom stereocenters. The summed E-state index contributed by atoms with van der Waals surface area (Å²) in [7, 11) is -3.31. The molecule has 2 aromatic rings. The minimum Gasteiger partial charge on any atom is -0.505 e. The first-order chi connectivity index (χ1) is 8.90. The topological polar surface area (TPSA) is 113 Å². The zero-order valence-corrected chi connectivity index (χ0v) is 10.5. The van der Waals surface area contributed by atoms with Crippen molar-refractivity contribution in [3.05, 3.63) is 29.2 Å². The number of aromatic hydroxyl groups is 1. The lowest BCUT2D eigenvalue weighted by atomic mass is 10.1. The van der Waals surface area contributed by atoms with Crippen molar-refractivity contribution in [1.82, 2.24) is 0 Å². The van der Waals surface area contributed by atoms with Crippen molar-refractivity contribution in [3.8, 4) is 11.5 Å². The van der Waals surface area contributed by atoms with Crippen LogP contribution in [0.25, 0.3) is 10.8 Å². The van der Waals surface area contributed by atoms with Crippen LogP contribution >= 0.6 is 0 Å². The van der Waals surface area contributed by atoms with Gasteiger partial charge < -0.3 is 9.84 Å². The maximum atomic E-state index is 11.2. The minimum atomic E-state index is -4.67. The Bertz CT molecular complexity index is 768. The van der Waals surface area contributed by atoms with E-state index in [0.717, 1.165) is 6.07 Å². The maximum absolute atomic E-state index is 11.2. The molecule has 7 nitrogen and oxygen atoms in total. The molecule has 0 aliphatic carbocycles. The standard InChI is InChI=1S/C11H9NO6S/c1-18-7-4-2-3-6-5-8(19(15,16)17)10(12-14)11(13)9(6)7/h2-5,13H,1H3,(H,15,16,17). The van der Waals surface area contributed by atoms with Crippen LogP contribution in [0, 0.1) is 4.91 Å². The number of nitroso groups, excluding NO2 is 1. The summed E-state index contributed by atoms with van der Waals surface area (Å²) >= 11 is 0. The molecule has 19 heavy (non-hydrogen) atoms. The van der Waals surface area contributed by atoms with Crippen LogP contribution in [0.4, 0.5) is 5.69 Å². The van der Waals surface area contributed by atoms with Gasteiger partial charge in [-0.2, -0.15) is 8.42 Å². The summed E-state index contributed by atoms with van der Waals surface area (Å²) in [6.07, 6.45) is 0. The summed E-state index contributed by atoms with van der Waals surface area (Å²) in [5.74, 6) is -0.403. The van der Waals surface area contributed by atoms with Gasteiger partial charge in [0.25, 0.3) is 10.1 Å². The van der Waals surface area contributed by atoms with Gasteiger partial charge in [-0.05, 0) is 22.7 Å². The van der Waals surface area contributed by atoms with Gasteiger partial charge in [0.2, 0.25) is 0 Å². The van der Waals surface area contributed by atoms with E-state index >= 15 is 0 Å². The van der Waals surface area contributed by atoms with E-state index in [-0.39, 0.29) is 16.5 Å². The molecule has 0 unspecified atom stereocenters. The molecule has 0 aliphatic rings. The molecule has 0 aromatic heterocycles. The van der Waals surface area contributed by atoms with Crippen LogP contribution in [0.5, 0.6) is 11.5 Å². The fourth-order valence-electron chi connectivity index (χ4n) is 1.82. The first-order valence-electron chi connectivity index (χ1n) is 5.03. The summed E-state index contributed by atoms with van der Waals surface area (Å²) in [5, 5.41) is 12.9. The van der Waals surface area contributed by atoms with Crippen molar-refractivity contribution in [2.45, 2.75) is 4.90 Å². The van der Waals surface area contributed by atoms with Gasteiger partial charge in [-0.15, -0.1) is 4.91 Å². The lowest BCUT2D eigenvalue weighted by Gasteiger charge is -2.10. The molecule has 0 heterocycles. The SMILES string of the molecule is COc1cccc2cc(S(=O)(=O)O)c(N=O)c(O)c12. The average molecular weight is 283 g/mol. The van der Waals surface area contributed by atoms with Gasteiger partial charge in [-0.1, -0.05) is 12.1 Å². The molecule has 0 saturated heterocycles. The van der Waals surface area contributed by atoms with E-state index in [1.165, 1.54) is 19.2 Å². The molecule has 0 fully saturated rings. The van der Waals surface area contributed by atoms with Crippen molar-refractivity contribution >= 4 is 26.6 Å². The molecule has 0 aliphatic heterocycles. The average Bonchev–Trinajstić information content (AvgIpc) is 2.36. The summed E-state index contributed by atoms with van der Waals surface area (Å²) in [6.45, 7) is 0. The Balaban J connectivity index is 3.02. The Morgan fingerprint density at radius 3 is 2.53 bits per heavy atom. The summed E-state index contributed by atoms with van der Waals surface area (Å²) in [5.41, 5.74) is -0.750. The zero-order chi connectivity index (χ0) is 14.2. The van der Waals surface area contributed by atoms with Gasteiger partial charge in [0.15, 0.2) is 11.4 Å². The van der Waals surface area contributed by atoms with Gasteiger partial charge in [-0.25, -0.2) is 0 Å². The van der Waals surface area contributed by atoms with Gasteiger partial charge >= 0.3 is 0 Å². The number of phenolic OH excluding ortho intramolecular Hbond substituents is 1. The Hall–Kier alpha value is -2.19. The lowest BCUT2D eigenvalue weighted by Crippen LogP contribution is -1.99. The summed E-state index contributed by atoms with van der Waals surface area (Å²) in [6, 6.07) is 5.65. The van der Waals surface area contributed by atoms with E-state index in [1.54, 1.807) is 6.07 Å². The minimum absolute atomic E-state index is 0.145. The highest BCUT2D eigenvalue weighted by Crippen LogP contribution is 2.43. The largest absolute Gasteiger partial charge is 0.505 e. The Morgan fingerprint density at radius 1 is 1.32 bits per heavy atom. The molecule has 2 aromatic carbocycles. The van der Waals surface area contributed by atoms with E-state index < -0.39 is 26.5 Å². The zero-order valence-electron chi connectivity index (χ0n) is 9.69. The van der Waals surface area contributed by atoms with Gasteiger partial charge in [0, 0.05) is 0 Å². The number of methoxy groups -OCH3 is 1. The van der Waals surface area contributed by atoms with E-state index in [1.807, 2.05) is 0 Å². The highest BCUT2D eigenvalue weighted by atomic mass is 32.2. The first kappa shape index (κ1) is 13.2. The summed E-state index contributed by atoms with van der Waals surface area (Å²) < 4.78 is 36.4. The van der Waals surface area contributed by atoms with Crippen molar-refractivity contribution in [1.29, 1.82) is 0 Å².